The van der Waals surface area contributed by atoms with Crippen molar-refractivity contribution < 1.29 is 9.53 Å². The summed E-state index contributed by atoms with van der Waals surface area (Å²) in [5.74, 6) is 0.502. The first-order valence-corrected chi connectivity index (χ1v) is 7.75. The summed E-state index contributed by atoms with van der Waals surface area (Å²) in [7, 11) is 0. The Labute approximate surface area is 137 Å². The first kappa shape index (κ1) is 16.6. The molecule has 2 aromatic rings. The molecule has 0 aliphatic carbocycles. The van der Waals surface area contributed by atoms with Crippen molar-refractivity contribution in [3.63, 3.8) is 0 Å². The van der Waals surface area contributed by atoms with Crippen LogP contribution in [0.25, 0.3) is 6.08 Å². The van der Waals surface area contributed by atoms with Gasteiger partial charge in [-0.2, -0.15) is 0 Å². The molecule has 0 saturated carbocycles. The maximum atomic E-state index is 11.9. The minimum atomic E-state index is -0.182. The zero-order chi connectivity index (χ0) is 16.5. The molecule has 0 spiro atoms. The number of carbonyl (C=O) groups is 1. The van der Waals surface area contributed by atoms with Crippen molar-refractivity contribution >= 4 is 23.4 Å². The van der Waals surface area contributed by atoms with Gasteiger partial charge in [0.15, 0.2) is 0 Å². The van der Waals surface area contributed by atoms with Crippen LogP contribution in [-0.4, -0.2) is 12.5 Å². The molecular weight excluding hydrogens is 288 g/mol. The number of nitrogen functional groups attached to an aromatic ring is 1. The third kappa shape index (κ3) is 5.51. The van der Waals surface area contributed by atoms with Crippen LogP contribution in [0.2, 0.25) is 0 Å². The van der Waals surface area contributed by atoms with Gasteiger partial charge in [0.25, 0.3) is 0 Å². The van der Waals surface area contributed by atoms with Gasteiger partial charge in [-0.3, -0.25) is 4.79 Å². The summed E-state index contributed by atoms with van der Waals surface area (Å²) in [6.45, 7) is 2.77. The fourth-order valence-electron chi connectivity index (χ4n) is 2.01. The molecule has 0 atom stereocenters. The average molecular weight is 310 g/mol. The largest absolute Gasteiger partial charge is 0.491 e. The molecule has 0 radical (unpaired) electrons. The lowest BCUT2D eigenvalue weighted by Crippen LogP contribution is -2.07. The van der Waals surface area contributed by atoms with Gasteiger partial charge in [-0.05, 0) is 42.3 Å². The smallest absolute Gasteiger partial charge is 0.248 e. The van der Waals surface area contributed by atoms with E-state index in [1.807, 2.05) is 42.5 Å². The van der Waals surface area contributed by atoms with Gasteiger partial charge in [0.1, 0.15) is 5.75 Å². The molecule has 0 unspecified atom stereocenters. The molecule has 0 heterocycles. The van der Waals surface area contributed by atoms with Gasteiger partial charge in [0.05, 0.1) is 12.3 Å². The zero-order valence-electron chi connectivity index (χ0n) is 13.3. The number of nitrogens with two attached hydrogens (primary N) is 1. The molecule has 23 heavy (non-hydrogen) atoms. The van der Waals surface area contributed by atoms with Crippen molar-refractivity contribution in [2.24, 2.45) is 0 Å². The highest BCUT2D eigenvalue weighted by molar-refractivity contribution is 6.01. The standard InChI is InChI=1S/C19H22N2O2/c1-2-3-13-23-18-11-9-15(14-17(18)20)10-12-19(22)21-16-7-5-4-6-8-16/h4-12,14H,2-3,13,20H2,1H3,(H,21,22)/b12-10-. The second kappa shape index (κ2) is 8.63. The molecule has 2 aromatic carbocycles. The fourth-order valence-corrected chi connectivity index (χ4v) is 2.01. The number of anilines is 2. The van der Waals surface area contributed by atoms with Gasteiger partial charge in [-0.1, -0.05) is 37.6 Å². The number of ether oxygens (including phenoxy) is 1. The van der Waals surface area contributed by atoms with Crippen molar-refractivity contribution in [2.75, 3.05) is 17.7 Å². The van der Waals surface area contributed by atoms with Crippen molar-refractivity contribution in [1.29, 1.82) is 0 Å². The minimum absolute atomic E-state index is 0.182. The second-order valence-corrected chi connectivity index (χ2v) is 5.19. The molecule has 0 aliphatic heterocycles. The summed E-state index contributed by atoms with van der Waals surface area (Å²) in [5, 5.41) is 2.79. The molecule has 0 fully saturated rings. The highest BCUT2D eigenvalue weighted by Crippen LogP contribution is 2.23. The van der Waals surface area contributed by atoms with Crippen molar-refractivity contribution in [1.82, 2.24) is 0 Å². The molecule has 3 N–H and O–H groups in total. The van der Waals surface area contributed by atoms with Gasteiger partial charge in [-0.15, -0.1) is 0 Å². The van der Waals surface area contributed by atoms with Crippen LogP contribution in [0.1, 0.15) is 25.3 Å². The SMILES string of the molecule is CCCCOc1ccc(/C=C\C(=O)Nc2ccccc2)cc1N. The third-order valence-electron chi connectivity index (χ3n) is 3.26. The molecule has 4 heteroatoms. The van der Waals surface area contributed by atoms with Gasteiger partial charge in [0.2, 0.25) is 5.91 Å². The van der Waals surface area contributed by atoms with Crippen molar-refractivity contribution in [3.8, 4) is 5.75 Å². The Morgan fingerprint density at radius 3 is 2.70 bits per heavy atom. The van der Waals surface area contributed by atoms with E-state index >= 15 is 0 Å². The van der Waals surface area contributed by atoms with E-state index in [-0.39, 0.29) is 5.91 Å². The van der Waals surface area contributed by atoms with Crippen LogP contribution in [0.15, 0.2) is 54.6 Å². The molecule has 0 bridgehead atoms. The molecule has 2 rings (SSSR count). The molecule has 0 aromatic heterocycles. The summed E-state index contributed by atoms with van der Waals surface area (Å²) < 4.78 is 5.61. The first-order chi connectivity index (χ1) is 11.2. The highest BCUT2D eigenvalue weighted by atomic mass is 16.5. The van der Waals surface area contributed by atoms with Gasteiger partial charge in [-0.25, -0.2) is 0 Å². The Morgan fingerprint density at radius 2 is 2.00 bits per heavy atom. The number of carbonyl (C=O) groups excluding carboxylic acids is 1. The number of hydrogen-bond donors (Lipinski definition) is 2. The van der Waals surface area contributed by atoms with E-state index in [1.54, 1.807) is 12.1 Å². The lowest BCUT2D eigenvalue weighted by atomic mass is 10.1. The molecule has 0 saturated heterocycles. The van der Waals surface area contributed by atoms with Crippen molar-refractivity contribution in [2.45, 2.75) is 19.8 Å². The van der Waals surface area contributed by atoms with E-state index in [2.05, 4.69) is 12.2 Å². The summed E-state index contributed by atoms with van der Waals surface area (Å²) >= 11 is 0. The van der Waals surface area contributed by atoms with Gasteiger partial charge < -0.3 is 15.8 Å². The number of nitrogens with one attached hydrogen (secondary N) is 1. The quantitative estimate of drug-likeness (QED) is 0.460. The number of para-hydroxylation sites is 1. The second-order valence-electron chi connectivity index (χ2n) is 5.19. The summed E-state index contributed by atoms with van der Waals surface area (Å²) in [6.07, 6.45) is 5.29. The van der Waals surface area contributed by atoms with Crippen LogP contribution >= 0.6 is 0 Å². The Kier molecular flexibility index (Phi) is 6.24. The van der Waals surface area contributed by atoms with E-state index in [9.17, 15) is 4.79 Å². The number of hydrogen-bond acceptors (Lipinski definition) is 3. The number of unbranched alkanes of at least 4 members (excludes halogenated alkanes) is 1. The summed E-state index contributed by atoms with van der Waals surface area (Å²) in [5.41, 5.74) is 8.17. The Bertz CT molecular complexity index is 666. The number of benzene rings is 2. The number of rotatable bonds is 7. The van der Waals surface area contributed by atoms with Gasteiger partial charge in [0, 0.05) is 11.8 Å². The minimum Gasteiger partial charge on any atom is -0.491 e. The Morgan fingerprint density at radius 1 is 1.22 bits per heavy atom. The summed E-state index contributed by atoms with van der Waals surface area (Å²) in [4.78, 5) is 11.9. The zero-order valence-corrected chi connectivity index (χ0v) is 13.3. The topological polar surface area (TPSA) is 64.3 Å². The maximum Gasteiger partial charge on any atom is 0.248 e. The lowest BCUT2D eigenvalue weighted by molar-refractivity contribution is -0.111. The van der Waals surface area contributed by atoms with Crippen molar-refractivity contribution in [3.05, 3.63) is 60.2 Å². The molecule has 1 amide bonds. The summed E-state index contributed by atoms with van der Waals surface area (Å²) in [6, 6.07) is 14.8. The van der Waals surface area contributed by atoms with Crippen LogP contribution in [0.4, 0.5) is 11.4 Å². The molecule has 120 valence electrons. The Hall–Kier alpha value is -2.75. The molecule has 4 nitrogen and oxygen atoms in total. The predicted molar refractivity (Wildman–Crippen MR) is 95.4 cm³/mol. The van der Waals surface area contributed by atoms with Crippen LogP contribution in [0, 0.1) is 0 Å². The van der Waals surface area contributed by atoms with E-state index < -0.39 is 0 Å². The normalized spacial score (nSPS) is 10.7. The third-order valence-corrected chi connectivity index (χ3v) is 3.26. The van der Waals surface area contributed by atoms with Crippen LogP contribution in [0.5, 0.6) is 5.75 Å². The molecular formula is C19H22N2O2. The fraction of sp³-hybridized carbons (Fsp3) is 0.211. The maximum absolute atomic E-state index is 11.9. The predicted octanol–water partition coefficient (Wildman–Crippen LogP) is 4.10. The van der Waals surface area contributed by atoms with Crippen LogP contribution in [0.3, 0.4) is 0 Å². The van der Waals surface area contributed by atoms with E-state index in [1.165, 1.54) is 6.08 Å². The highest BCUT2D eigenvalue weighted by Gasteiger charge is 2.01. The first-order valence-electron chi connectivity index (χ1n) is 7.75. The van der Waals surface area contributed by atoms with E-state index in [0.717, 1.165) is 24.1 Å². The van der Waals surface area contributed by atoms with E-state index in [0.29, 0.717) is 18.0 Å². The monoisotopic (exact) mass is 310 g/mol. The van der Waals surface area contributed by atoms with Crippen LogP contribution < -0.4 is 15.8 Å². The lowest BCUT2D eigenvalue weighted by Gasteiger charge is -2.08. The molecule has 0 aliphatic rings. The van der Waals surface area contributed by atoms with E-state index in [4.69, 9.17) is 10.5 Å². The van der Waals surface area contributed by atoms with Crippen LogP contribution in [-0.2, 0) is 4.79 Å². The van der Waals surface area contributed by atoms with Gasteiger partial charge >= 0.3 is 0 Å². The average Bonchev–Trinajstić information content (AvgIpc) is 2.56. The number of amides is 1. The Balaban J connectivity index is 1.94.